The summed E-state index contributed by atoms with van der Waals surface area (Å²) in [4.78, 5) is 22.3. The highest BCUT2D eigenvalue weighted by molar-refractivity contribution is 9.10. The number of carbonyl (C=O) groups is 1. The van der Waals surface area contributed by atoms with Gasteiger partial charge in [0.2, 0.25) is 0 Å². The maximum atomic E-state index is 12.1. The van der Waals surface area contributed by atoms with Gasteiger partial charge in [0.15, 0.2) is 0 Å². The number of nitro groups is 1. The predicted molar refractivity (Wildman–Crippen MR) is 85.2 cm³/mol. The number of non-ortho nitro benzene ring substituents is 1. The zero-order valence-corrected chi connectivity index (χ0v) is 13.4. The second kappa shape index (κ2) is 6.43. The average molecular weight is 390 g/mol. The number of anilines is 1. The second-order valence-electron chi connectivity index (χ2n) is 4.00. The Bertz CT molecular complexity index is 737. The van der Waals surface area contributed by atoms with Crippen molar-refractivity contribution in [1.82, 2.24) is 0 Å². The first-order valence-corrected chi connectivity index (χ1v) is 7.13. The van der Waals surface area contributed by atoms with Gasteiger partial charge in [-0.05, 0) is 40.2 Å². The number of halogens is 3. The summed E-state index contributed by atoms with van der Waals surface area (Å²) >= 11 is 15.1. The van der Waals surface area contributed by atoms with Crippen LogP contribution in [0.2, 0.25) is 10.0 Å². The van der Waals surface area contributed by atoms with Crippen molar-refractivity contribution in [2.45, 2.75) is 0 Å². The van der Waals surface area contributed by atoms with Crippen LogP contribution < -0.4 is 5.32 Å². The van der Waals surface area contributed by atoms with Crippen molar-refractivity contribution in [2.75, 3.05) is 5.32 Å². The topological polar surface area (TPSA) is 72.2 Å². The summed E-state index contributed by atoms with van der Waals surface area (Å²) in [6.07, 6.45) is 0. The van der Waals surface area contributed by atoms with Gasteiger partial charge in [-0.25, -0.2) is 0 Å². The van der Waals surface area contributed by atoms with Gasteiger partial charge in [0.1, 0.15) is 0 Å². The summed E-state index contributed by atoms with van der Waals surface area (Å²) in [5, 5.41) is 13.9. The Morgan fingerprint density at radius 3 is 2.48 bits per heavy atom. The molecule has 0 radical (unpaired) electrons. The Morgan fingerprint density at radius 1 is 1.14 bits per heavy atom. The van der Waals surface area contributed by atoms with E-state index in [1.54, 1.807) is 18.2 Å². The van der Waals surface area contributed by atoms with Crippen LogP contribution in [0.15, 0.2) is 40.9 Å². The number of hydrogen-bond acceptors (Lipinski definition) is 3. The molecule has 2 aromatic carbocycles. The largest absolute Gasteiger partial charge is 0.322 e. The molecule has 2 aromatic rings. The lowest BCUT2D eigenvalue weighted by Crippen LogP contribution is -2.12. The average Bonchev–Trinajstić information content (AvgIpc) is 2.43. The van der Waals surface area contributed by atoms with Crippen LogP contribution in [0.4, 0.5) is 11.4 Å². The molecule has 0 aliphatic heterocycles. The number of rotatable bonds is 3. The maximum absolute atomic E-state index is 12.1. The van der Waals surface area contributed by atoms with Gasteiger partial charge in [-0.3, -0.25) is 14.9 Å². The molecule has 0 unspecified atom stereocenters. The monoisotopic (exact) mass is 388 g/mol. The molecule has 0 atom stereocenters. The summed E-state index contributed by atoms with van der Waals surface area (Å²) in [5.74, 6) is -0.554. The summed E-state index contributed by atoms with van der Waals surface area (Å²) in [6.45, 7) is 0. The van der Waals surface area contributed by atoms with Crippen LogP contribution in [-0.2, 0) is 0 Å². The van der Waals surface area contributed by atoms with Gasteiger partial charge in [-0.2, -0.15) is 0 Å². The lowest BCUT2D eigenvalue weighted by Gasteiger charge is -2.07. The molecule has 1 N–H and O–H groups in total. The van der Waals surface area contributed by atoms with Gasteiger partial charge < -0.3 is 5.32 Å². The first-order valence-electron chi connectivity index (χ1n) is 5.59. The molecule has 108 valence electrons. The van der Waals surface area contributed by atoms with Gasteiger partial charge in [0.25, 0.3) is 11.6 Å². The molecule has 8 heteroatoms. The molecular weight excluding hydrogens is 383 g/mol. The van der Waals surface area contributed by atoms with Crippen molar-refractivity contribution in [3.63, 3.8) is 0 Å². The van der Waals surface area contributed by atoms with E-state index in [1.165, 1.54) is 12.1 Å². The third-order valence-electron chi connectivity index (χ3n) is 2.58. The number of amides is 1. The lowest BCUT2D eigenvalue weighted by atomic mass is 10.2. The highest BCUT2D eigenvalue weighted by Crippen LogP contribution is 2.27. The van der Waals surface area contributed by atoms with Crippen molar-refractivity contribution in [3.05, 3.63) is 66.6 Å². The SMILES string of the molecule is O=C(Nc1ccc(Br)c(Cl)c1)c1cc([N+](=O)[O-])ccc1Cl. The van der Waals surface area contributed by atoms with Crippen LogP contribution in [-0.4, -0.2) is 10.8 Å². The van der Waals surface area contributed by atoms with Gasteiger partial charge in [-0.1, -0.05) is 23.2 Å². The quantitative estimate of drug-likeness (QED) is 0.598. The molecule has 0 spiro atoms. The maximum Gasteiger partial charge on any atom is 0.270 e. The molecule has 0 saturated carbocycles. The van der Waals surface area contributed by atoms with E-state index in [0.717, 1.165) is 6.07 Å². The van der Waals surface area contributed by atoms with Crippen LogP contribution in [0, 0.1) is 10.1 Å². The van der Waals surface area contributed by atoms with E-state index < -0.39 is 10.8 Å². The van der Waals surface area contributed by atoms with E-state index in [2.05, 4.69) is 21.2 Å². The Balaban J connectivity index is 2.29. The Labute approximate surface area is 138 Å². The van der Waals surface area contributed by atoms with Gasteiger partial charge in [0, 0.05) is 22.3 Å². The molecule has 0 fully saturated rings. The van der Waals surface area contributed by atoms with Crippen molar-refractivity contribution in [3.8, 4) is 0 Å². The molecule has 0 heterocycles. The minimum atomic E-state index is -0.594. The molecular formula is C13H7BrCl2N2O3. The molecule has 2 rings (SSSR count). The fraction of sp³-hybridized carbons (Fsp3) is 0. The zero-order valence-electron chi connectivity index (χ0n) is 10.3. The van der Waals surface area contributed by atoms with Crippen LogP contribution in [0.3, 0.4) is 0 Å². The van der Waals surface area contributed by atoms with Crippen LogP contribution in [0.1, 0.15) is 10.4 Å². The molecule has 0 aliphatic carbocycles. The number of nitrogens with one attached hydrogen (secondary N) is 1. The van der Waals surface area contributed by atoms with Crippen molar-refractivity contribution >= 4 is 56.4 Å². The fourth-order valence-corrected chi connectivity index (χ4v) is 2.20. The summed E-state index contributed by atoms with van der Waals surface area (Å²) in [7, 11) is 0. The lowest BCUT2D eigenvalue weighted by molar-refractivity contribution is -0.384. The molecule has 5 nitrogen and oxygen atoms in total. The molecule has 0 bridgehead atoms. The Kier molecular flexibility index (Phi) is 4.82. The van der Waals surface area contributed by atoms with E-state index in [4.69, 9.17) is 23.2 Å². The molecule has 21 heavy (non-hydrogen) atoms. The Hall–Kier alpha value is -1.63. The van der Waals surface area contributed by atoms with Gasteiger partial charge >= 0.3 is 0 Å². The van der Waals surface area contributed by atoms with Gasteiger partial charge in [0.05, 0.1) is 20.5 Å². The molecule has 0 saturated heterocycles. The summed E-state index contributed by atoms with van der Waals surface area (Å²) < 4.78 is 0.690. The third-order valence-corrected chi connectivity index (χ3v) is 4.14. The Morgan fingerprint density at radius 2 is 1.86 bits per heavy atom. The highest BCUT2D eigenvalue weighted by atomic mass is 79.9. The first kappa shape index (κ1) is 15.8. The van der Waals surface area contributed by atoms with Crippen LogP contribution in [0.5, 0.6) is 0 Å². The van der Waals surface area contributed by atoms with Crippen LogP contribution in [0.25, 0.3) is 0 Å². The summed E-state index contributed by atoms with van der Waals surface area (Å²) in [5.41, 5.74) is 0.263. The summed E-state index contributed by atoms with van der Waals surface area (Å²) in [6, 6.07) is 8.53. The third kappa shape index (κ3) is 3.72. The number of benzene rings is 2. The molecule has 0 aromatic heterocycles. The number of nitro benzene ring substituents is 1. The van der Waals surface area contributed by atoms with Crippen LogP contribution >= 0.6 is 39.1 Å². The van der Waals surface area contributed by atoms with E-state index in [9.17, 15) is 14.9 Å². The minimum absolute atomic E-state index is 0.0184. The number of carbonyl (C=O) groups excluding carboxylic acids is 1. The molecule has 1 amide bonds. The fourth-order valence-electron chi connectivity index (χ4n) is 1.57. The van der Waals surface area contributed by atoms with E-state index in [0.29, 0.717) is 15.2 Å². The predicted octanol–water partition coefficient (Wildman–Crippen LogP) is 4.92. The minimum Gasteiger partial charge on any atom is -0.322 e. The van der Waals surface area contributed by atoms with E-state index >= 15 is 0 Å². The van der Waals surface area contributed by atoms with Gasteiger partial charge in [-0.15, -0.1) is 0 Å². The standard InChI is InChI=1S/C13H7BrCl2N2O3/c14-10-3-1-7(5-12(10)16)17-13(19)9-6-8(18(20)21)2-4-11(9)15/h1-6H,(H,17,19). The number of hydrogen-bond donors (Lipinski definition) is 1. The van der Waals surface area contributed by atoms with Crippen molar-refractivity contribution in [2.24, 2.45) is 0 Å². The normalized spacial score (nSPS) is 10.2. The van der Waals surface area contributed by atoms with E-state index in [-0.39, 0.29) is 16.3 Å². The highest BCUT2D eigenvalue weighted by Gasteiger charge is 2.16. The zero-order chi connectivity index (χ0) is 15.6. The van der Waals surface area contributed by atoms with Crippen molar-refractivity contribution in [1.29, 1.82) is 0 Å². The first-order chi connectivity index (χ1) is 9.88. The van der Waals surface area contributed by atoms with E-state index in [1.807, 2.05) is 0 Å². The second-order valence-corrected chi connectivity index (χ2v) is 5.67. The number of nitrogens with zero attached hydrogens (tertiary/aromatic N) is 1. The molecule has 0 aliphatic rings. The smallest absolute Gasteiger partial charge is 0.270 e. The van der Waals surface area contributed by atoms with Crippen molar-refractivity contribution < 1.29 is 9.72 Å².